The van der Waals surface area contributed by atoms with Gasteiger partial charge in [-0.3, -0.25) is 4.79 Å². The van der Waals surface area contributed by atoms with Crippen molar-refractivity contribution in [3.63, 3.8) is 0 Å². The minimum atomic E-state index is -3.42. The van der Waals surface area contributed by atoms with Gasteiger partial charge in [0.05, 0.1) is 4.90 Å². The van der Waals surface area contributed by atoms with Gasteiger partial charge in [0.1, 0.15) is 0 Å². The number of ketones is 1. The fraction of sp³-hybridized carbons (Fsp3) is 0.235. The SMILES string of the molecule is O=C(/C=C/c1cccs1)c1ccc(S(=O)(=O)N2CCCC2)cc1. The van der Waals surface area contributed by atoms with Gasteiger partial charge in [0.2, 0.25) is 10.0 Å². The number of nitrogens with zero attached hydrogens (tertiary/aromatic N) is 1. The number of carbonyl (C=O) groups excluding carboxylic acids is 1. The van der Waals surface area contributed by atoms with E-state index in [1.165, 1.54) is 22.5 Å². The van der Waals surface area contributed by atoms with E-state index in [2.05, 4.69) is 0 Å². The van der Waals surface area contributed by atoms with Crippen molar-refractivity contribution in [1.82, 2.24) is 4.31 Å². The third-order valence-electron chi connectivity index (χ3n) is 3.78. The Kier molecular flexibility index (Phi) is 4.75. The van der Waals surface area contributed by atoms with Gasteiger partial charge in [-0.25, -0.2) is 8.42 Å². The maximum absolute atomic E-state index is 12.4. The minimum Gasteiger partial charge on any atom is -0.289 e. The van der Waals surface area contributed by atoms with Crippen LogP contribution in [0, 0.1) is 0 Å². The van der Waals surface area contributed by atoms with Crippen LogP contribution in [0.5, 0.6) is 0 Å². The molecule has 0 N–H and O–H groups in total. The first-order valence-electron chi connectivity index (χ1n) is 7.43. The van der Waals surface area contributed by atoms with E-state index in [0.29, 0.717) is 18.7 Å². The number of carbonyl (C=O) groups is 1. The van der Waals surface area contributed by atoms with E-state index >= 15 is 0 Å². The Morgan fingerprint density at radius 1 is 1.09 bits per heavy atom. The summed E-state index contributed by atoms with van der Waals surface area (Å²) in [5.41, 5.74) is 0.484. The van der Waals surface area contributed by atoms with Crippen molar-refractivity contribution >= 4 is 33.2 Å². The van der Waals surface area contributed by atoms with Gasteiger partial charge in [-0.2, -0.15) is 4.31 Å². The van der Waals surface area contributed by atoms with Crippen molar-refractivity contribution in [2.24, 2.45) is 0 Å². The number of thiophene rings is 1. The summed E-state index contributed by atoms with van der Waals surface area (Å²) < 4.78 is 26.4. The lowest BCUT2D eigenvalue weighted by Crippen LogP contribution is -2.27. The predicted octanol–water partition coefficient (Wildman–Crippen LogP) is 3.43. The molecule has 0 aliphatic carbocycles. The molecule has 1 fully saturated rings. The highest BCUT2D eigenvalue weighted by molar-refractivity contribution is 7.89. The van der Waals surface area contributed by atoms with E-state index in [4.69, 9.17) is 0 Å². The Bertz CT molecular complexity index is 800. The molecule has 0 spiro atoms. The molecule has 1 saturated heterocycles. The van der Waals surface area contributed by atoms with Crippen molar-refractivity contribution in [3.05, 3.63) is 58.3 Å². The van der Waals surface area contributed by atoms with Gasteiger partial charge in [-0.05, 0) is 60.7 Å². The lowest BCUT2D eigenvalue weighted by atomic mass is 10.1. The van der Waals surface area contributed by atoms with Crippen LogP contribution in [0.4, 0.5) is 0 Å². The summed E-state index contributed by atoms with van der Waals surface area (Å²) in [5.74, 6) is -0.136. The van der Waals surface area contributed by atoms with Crippen molar-refractivity contribution in [1.29, 1.82) is 0 Å². The van der Waals surface area contributed by atoms with Crippen molar-refractivity contribution in [2.75, 3.05) is 13.1 Å². The average molecular weight is 347 g/mol. The second kappa shape index (κ2) is 6.78. The summed E-state index contributed by atoms with van der Waals surface area (Å²) in [6, 6.07) is 10.0. The molecule has 4 nitrogen and oxygen atoms in total. The summed E-state index contributed by atoms with van der Waals surface area (Å²) in [4.78, 5) is 13.4. The molecule has 23 heavy (non-hydrogen) atoms. The highest BCUT2D eigenvalue weighted by Crippen LogP contribution is 2.21. The molecule has 1 aliphatic rings. The minimum absolute atomic E-state index is 0.136. The molecule has 1 aromatic heterocycles. The van der Waals surface area contributed by atoms with Crippen LogP contribution in [-0.2, 0) is 10.0 Å². The van der Waals surface area contributed by atoms with Gasteiger partial charge in [0.15, 0.2) is 5.78 Å². The predicted molar refractivity (Wildman–Crippen MR) is 92.1 cm³/mol. The first-order chi connectivity index (χ1) is 11.1. The highest BCUT2D eigenvalue weighted by atomic mass is 32.2. The van der Waals surface area contributed by atoms with Crippen LogP contribution in [0.1, 0.15) is 28.1 Å². The summed E-state index contributed by atoms with van der Waals surface area (Å²) in [6.45, 7) is 1.15. The molecule has 6 heteroatoms. The van der Waals surface area contributed by atoms with Crippen LogP contribution in [0.15, 0.2) is 52.7 Å². The van der Waals surface area contributed by atoms with Gasteiger partial charge in [0.25, 0.3) is 0 Å². The van der Waals surface area contributed by atoms with Crippen molar-refractivity contribution in [2.45, 2.75) is 17.7 Å². The topological polar surface area (TPSA) is 54.5 Å². The summed E-state index contributed by atoms with van der Waals surface area (Å²) >= 11 is 1.56. The second-order valence-electron chi connectivity index (χ2n) is 5.35. The first-order valence-corrected chi connectivity index (χ1v) is 9.75. The standard InChI is InChI=1S/C17H17NO3S2/c19-17(10-7-15-4-3-13-22-15)14-5-8-16(9-6-14)23(20,21)18-11-1-2-12-18/h3-10,13H,1-2,11-12H2/b10-7+. The van der Waals surface area contributed by atoms with Crippen LogP contribution in [0.3, 0.4) is 0 Å². The van der Waals surface area contributed by atoms with Crippen LogP contribution >= 0.6 is 11.3 Å². The summed E-state index contributed by atoms with van der Waals surface area (Å²) in [6.07, 6.45) is 5.09. The molecule has 1 aliphatic heterocycles. The van der Waals surface area contributed by atoms with Crippen LogP contribution < -0.4 is 0 Å². The normalized spacial score (nSPS) is 16.2. The number of rotatable bonds is 5. The van der Waals surface area contributed by atoms with Gasteiger partial charge < -0.3 is 0 Å². The fourth-order valence-corrected chi connectivity index (χ4v) is 4.64. The fourth-order valence-electron chi connectivity index (χ4n) is 2.51. The summed E-state index contributed by atoms with van der Waals surface area (Å²) in [5, 5.41) is 1.95. The second-order valence-corrected chi connectivity index (χ2v) is 8.27. The van der Waals surface area contributed by atoms with Gasteiger partial charge >= 0.3 is 0 Å². The zero-order valence-electron chi connectivity index (χ0n) is 12.5. The van der Waals surface area contributed by atoms with Gasteiger partial charge in [-0.15, -0.1) is 11.3 Å². The van der Waals surface area contributed by atoms with Crippen molar-refractivity contribution in [3.8, 4) is 0 Å². The molecule has 0 saturated carbocycles. The highest BCUT2D eigenvalue weighted by Gasteiger charge is 2.26. The monoisotopic (exact) mass is 347 g/mol. The lowest BCUT2D eigenvalue weighted by molar-refractivity contribution is 0.104. The van der Waals surface area contributed by atoms with E-state index in [0.717, 1.165) is 17.7 Å². The molecule has 0 unspecified atom stereocenters. The molecule has 0 radical (unpaired) electrons. The Balaban J connectivity index is 1.75. The van der Waals surface area contributed by atoms with Gasteiger partial charge in [-0.1, -0.05) is 6.07 Å². The summed E-state index contributed by atoms with van der Waals surface area (Å²) in [7, 11) is -3.42. The molecule has 2 heterocycles. The number of sulfonamides is 1. The molecule has 0 bridgehead atoms. The third kappa shape index (κ3) is 3.60. The van der Waals surface area contributed by atoms with Crippen molar-refractivity contribution < 1.29 is 13.2 Å². The number of benzene rings is 1. The Morgan fingerprint density at radius 2 is 1.78 bits per heavy atom. The number of allylic oxidation sites excluding steroid dienone is 1. The average Bonchev–Trinajstić information content (AvgIpc) is 3.26. The molecule has 120 valence electrons. The Morgan fingerprint density at radius 3 is 2.39 bits per heavy atom. The quantitative estimate of drug-likeness (QED) is 0.615. The molecular formula is C17H17NO3S2. The van der Waals surface area contributed by atoms with E-state index in [9.17, 15) is 13.2 Å². The Hall–Kier alpha value is -1.76. The largest absolute Gasteiger partial charge is 0.289 e. The maximum atomic E-state index is 12.4. The van der Waals surface area contributed by atoms with Crippen LogP contribution in [0.2, 0.25) is 0 Å². The molecule has 0 atom stereocenters. The molecular weight excluding hydrogens is 330 g/mol. The first kappa shape index (κ1) is 16.1. The zero-order valence-corrected chi connectivity index (χ0v) is 14.1. The zero-order chi connectivity index (χ0) is 16.3. The molecule has 0 amide bonds. The molecule has 3 rings (SSSR count). The maximum Gasteiger partial charge on any atom is 0.243 e. The number of hydrogen-bond donors (Lipinski definition) is 0. The van der Waals surface area contributed by atoms with E-state index in [-0.39, 0.29) is 10.7 Å². The van der Waals surface area contributed by atoms with E-state index in [1.54, 1.807) is 29.5 Å². The molecule has 1 aromatic carbocycles. The third-order valence-corrected chi connectivity index (χ3v) is 6.53. The Labute approximate surface area is 140 Å². The lowest BCUT2D eigenvalue weighted by Gasteiger charge is -2.15. The smallest absolute Gasteiger partial charge is 0.243 e. The molecule has 2 aromatic rings. The number of hydrogen-bond acceptors (Lipinski definition) is 4. The van der Waals surface area contributed by atoms with Crippen LogP contribution in [-0.4, -0.2) is 31.6 Å². The van der Waals surface area contributed by atoms with Crippen LogP contribution in [0.25, 0.3) is 6.08 Å². The van der Waals surface area contributed by atoms with E-state index < -0.39 is 10.0 Å². The van der Waals surface area contributed by atoms with E-state index in [1.807, 2.05) is 17.5 Å². The van der Waals surface area contributed by atoms with Gasteiger partial charge in [0, 0.05) is 23.5 Å².